The van der Waals surface area contributed by atoms with Crippen LogP contribution in [-0.2, 0) is 9.59 Å². The SMILES string of the molecule is COc1ccc(NC(=O)[C@@H]2CS[C@H](c3ccc(Br)cc3)N2C(C)=O)cc1. The Kier molecular flexibility index (Phi) is 5.88. The highest BCUT2D eigenvalue weighted by molar-refractivity contribution is 9.10. The van der Waals surface area contributed by atoms with Crippen molar-refractivity contribution in [2.45, 2.75) is 18.3 Å². The van der Waals surface area contributed by atoms with Crippen LogP contribution in [0.25, 0.3) is 0 Å². The summed E-state index contributed by atoms with van der Waals surface area (Å²) in [5, 5.41) is 2.73. The van der Waals surface area contributed by atoms with Crippen molar-refractivity contribution in [2.24, 2.45) is 0 Å². The van der Waals surface area contributed by atoms with E-state index in [9.17, 15) is 9.59 Å². The second kappa shape index (κ2) is 8.14. The van der Waals surface area contributed by atoms with Gasteiger partial charge in [0.15, 0.2) is 0 Å². The number of thioether (sulfide) groups is 1. The Labute approximate surface area is 165 Å². The van der Waals surface area contributed by atoms with Gasteiger partial charge in [0.25, 0.3) is 0 Å². The predicted molar refractivity (Wildman–Crippen MR) is 107 cm³/mol. The third-order valence-corrected chi connectivity index (χ3v) is 6.03. The zero-order chi connectivity index (χ0) is 18.7. The summed E-state index contributed by atoms with van der Waals surface area (Å²) < 4.78 is 6.10. The van der Waals surface area contributed by atoms with Crippen LogP contribution in [0.3, 0.4) is 0 Å². The highest BCUT2D eigenvalue weighted by atomic mass is 79.9. The summed E-state index contributed by atoms with van der Waals surface area (Å²) >= 11 is 5.02. The molecule has 2 atom stereocenters. The molecule has 1 fully saturated rings. The first kappa shape index (κ1) is 18.8. The fraction of sp³-hybridized carbons (Fsp3) is 0.263. The van der Waals surface area contributed by atoms with Gasteiger partial charge in [-0.1, -0.05) is 28.1 Å². The zero-order valence-electron chi connectivity index (χ0n) is 14.4. The van der Waals surface area contributed by atoms with Crippen LogP contribution in [0.1, 0.15) is 17.9 Å². The van der Waals surface area contributed by atoms with E-state index in [1.54, 1.807) is 48.0 Å². The van der Waals surface area contributed by atoms with E-state index in [4.69, 9.17) is 4.74 Å². The molecule has 1 N–H and O–H groups in total. The largest absolute Gasteiger partial charge is 0.497 e. The van der Waals surface area contributed by atoms with Gasteiger partial charge >= 0.3 is 0 Å². The Bertz CT molecular complexity index is 795. The molecule has 1 aliphatic rings. The van der Waals surface area contributed by atoms with Crippen molar-refractivity contribution in [2.75, 3.05) is 18.2 Å². The fourth-order valence-electron chi connectivity index (χ4n) is 2.88. The van der Waals surface area contributed by atoms with Gasteiger partial charge < -0.3 is 15.0 Å². The number of amides is 2. The van der Waals surface area contributed by atoms with Crippen LogP contribution in [0.5, 0.6) is 5.75 Å². The van der Waals surface area contributed by atoms with Gasteiger partial charge in [0.1, 0.15) is 17.2 Å². The molecule has 26 heavy (non-hydrogen) atoms. The Hall–Kier alpha value is -1.99. The number of anilines is 1. The average Bonchev–Trinajstić information content (AvgIpc) is 3.08. The molecule has 1 saturated heterocycles. The van der Waals surface area contributed by atoms with E-state index in [0.717, 1.165) is 15.8 Å². The minimum atomic E-state index is -0.506. The first-order valence-corrected chi connectivity index (χ1v) is 9.94. The summed E-state index contributed by atoms with van der Waals surface area (Å²) in [6.45, 7) is 1.51. The van der Waals surface area contributed by atoms with Crippen molar-refractivity contribution in [1.82, 2.24) is 4.90 Å². The van der Waals surface area contributed by atoms with Gasteiger partial charge in [-0.3, -0.25) is 9.59 Å². The van der Waals surface area contributed by atoms with Crippen molar-refractivity contribution in [3.8, 4) is 5.75 Å². The number of benzene rings is 2. The van der Waals surface area contributed by atoms with Crippen molar-refractivity contribution >= 4 is 45.2 Å². The molecule has 2 aromatic rings. The van der Waals surface area contributed by atoms with Gasteiger partial charge in [-0.2, -0.15) is 0 Å². The van der Waals surface area contributed by atoms with Crippen molar-refractivity contribution in [3.63, 3.8) is 0 Å². The summed E-state index contributed by atoms with van der Waals surface area (Å²) in [5.74, 6) is 0.984. The molecule has 3 rings (SSSR count). The lowest BCUT2D eigenvalue weighted by Gasteiger charge is -2.28. The van der Waals surface area contributed by atoms with Crippen LogP contribution in [-0.4, -0.2) is 35.6 Å². The van der Waals surface area contributed by atoms with Crippen LogP contribution in [0, 0.1) is 0 Å². The number of carbonyl (C=O) groups is 2. The van der Waals surface area contributed by atoms with E-state index in [0.29, 0.717) is 11.4 Å². The average molecular weight is 435 g/mol. The van der Waals surface area contributed by atoms with Crippen molar-refractivity contribution in [1.29, 1.82) is 0 Å². The Morgan fingerprint density at radius 1 is 1.15 bits per heavy atom. The molecule has 0 bridgehead atoms. The number of nitrogens with one attached hydrogen (secondary N) is 1. The van der Waals surface area contributed by atoms with Gasteiger partial charge in [-0.05, 0) is 42.0 Å². The monoisotopic (exact) mass is 434 g/mol. The van der Waals surface area contributed by atoms with E-state index in [1.165, 1.54) is 6.92 Å². The second-order valence-electron chi connectivity index (χ2n) is 5.90. The summed E-state index contributed by atoms with van der Waals surface area (Å²) in [6.07, 6.45) is 0. The van der Waals surface area contributed by atoms with E-state index < -0.39 is 6.04 Å². The highest BCUT2D eigenvalue weighted by Crippen LogP contribution is 2.41. The number of hydrogen-bond donors (Lipinski definition) is 1. The van der Waals surface area contributed by atoms with Crippen molar-refractivity contribution < 1.29 is 14.3 Å². The molecule has 0 unspecified atom stereocenters. The highest BCUT2D eigenvalue weighted by Gasteiger charge is 2.40. The molecule has 0 spiro atoms. The molecule has 0 aliphatic carbocycles. The van der Waals surface area contributed by atoms with Gasteiger partial charge in [0, 0.05) is 22.8 Å². The molecule has 1 aliphatic heterocycles. The van der Waals surface area contributed by atoms with E-state index >= 15 is 0 Å². The third-order valence-electron chi connectivity index (χ3n) is 4.18. The summed E-state index contributed by atoms with van der Waals surface area (Å²) in [6, 6.07) is 14.5. The maximum Gasteiger partial charge on any atom is 0.248 e. The van der Waals surface area contributed by atoms with Gasteiger partial charge in [0.2, 0.25) is 11.8 Å². The first-order chi connectivity index (χ1) is 12.5. The Morgan fingerprint density at radius 3 is 2.38 bits per heavy atom. The summed E-state index contributed by atoms with van der Waals surface area (Å²) in [5.41, 5.74) is 1.68. The predicted octanol–water partition coefficient (Wildman–Crippen LogP) is 4.06. The molecular weight excluding hydrogens is 416 g/mol. The van der Waals surface area contributed by atoms with Crippen LogP contribution < -0.4 is 10.1 Å². The molecule has 2 amide bonds. The fourth-order valence-corrected chi connectivity index (χ4v) is 4.62. The molecule has 0 radical (unpaired) electrons. The van der Waals surface area contributed by atoms with Gasteiger partial charge in [0.05, 0.1) is 7.11 Å². The molecule has 1 heterocycles. The quantitative estimate of drug-likeness (QED) is 0.787. The third kappa shape index (κ3) is 4.04. The summed E-state index contributed by atoms with van der Waals surface area (Å²) in [4.78, 5) is 26.7. The number of ether oxygens (including phenoxy) is 1. The topological polar surface area (TPSA) is 58.6 Å². The van der Waals surface area contributed by atoms with Gasteiger partial charge in [-0.15, -0.1) is 11.8 Å². The molecule has 136 valence electrons. The van der Waals surface area contributed by atoms with E-state index in [1.807, 2.05) is 24.3 Å². The first-order valence-electron chi connectivity index (χ1n) is 8.10. The zero-order valence-corrected chi connectivity index (χ0v) is 16.8. The van der Waals surface area contributed by atoms with Gasteiger partial charge in [-0.25, -0.2) is 0 Å². The minimum absolute atomic E-state index is 0.113. The number of rotatable bonds is 4. The molecule has 2 aromatic carbocycles. The number of nitrogens with zero attached hydrogens (tertiary/aromatic N) is 1. The number of methoxy groups -OCH3 is 1. The lowest BCUT2D eigenvalue weighted by Crippen LogP contribution is -2.44. The van der Waals surface area contributed by atoms with E-state index in [2.05, 4.69) is 21.2 Å². The summed E-state index contributed by atoms with van der Waals surface area (Å²) in [7, 11) is 1.59. The van der Waals surface area contributed by atoms with Crippen molar-refractivity contribution in [3.05, 3.63) is 58.6 Å². The molecule has 7 heteroatoms. The number of halogens is 1. The molecule has 5 nitrogen and oxygen atoms in total. The number of carbonyl (C=O) groups excluding carboxylic acids is 2. The normalized spacial score (nSPS) is 19.3. The molecular formula is C19H19BrN2O3S. The number of hydrogen-bond acceptors (Lipinski definition) is 4. The lowest BCUT2D eigenvalue weighted by molar-refractivity contribution is -0.136. The minimum Gasteiger partial charge on any atom is -0.497 e. The lowest BCUT2D eigenvalue weighted by atomic mass is 10.1. The van der Waals surface area contributed by atoms with Crippen LogP contribution >= 0.6 is 27.7 Å². The van der Waals surface area contributed by atoms with Crippen LogP contribution in [0.15, 0.2) is 53.0 Å². The Morgan fingerprint density at radius 2 is 1.81 bits per heavy atom. The Balaban J connectivity index is 1.76. The second-order valence-corrected chi connectivity index (χ2v) is 7.93. The molecule has 0 aromatic heterocycles. The standard InChI is InChI=1S/C19H19BrN2O3S/c1-12(23)22-17(11-26-19(22)13-3-5-14(20)6-4-13)18(24)21-15-7-9-16(25-2)10-8-15/h3-10,17,19H,11H2,1-2H3,(H,21,24)/t17-,19+/m0/s1. The van der Waals surface area contributed by atoms with Crippen LogP contribution in [0.4, 0.5) is 5.69 Å². The maximum atomic E-state index is 12.8. The maximum absolute atomic E-state index is 12.8. The molecule has 0 saturated carbocycles. The smallest absolute Gasteiger partial charge is 0.248 e. The van der Waals surface area contributed by atoms with Crippen LogP contribution in [0.2, 0.25) is 0 Å². The van der Waals surface area contributed by atoms with E-state index in [-0.39, 0.29) is 17.2 Å².